The van der Waals surface area contributed by atoms with Gasteiger partial charge in [0.25, 0.3) is 0 Å². The Labute approximate surface area is 240 Å². The first-order valence-electron chi connectivity index (χ1n) is 12.7. The summed E-state index contributed by atoms with van der Waals surface area (Å²) in [5, 5.41) is 13.9. The number of hydrogen-bond acceptors (Lipinski definition) is 7. The maximum Gasteiger partial charge on any atom is 0.231 e. The number of nitrogens with zero attached hydrogens (tertiary/aromatic N) is 4. The number of aliphatic hydroxyl groups excluding tert-OH is 1. The Morgan fingerprint density at radius 1 is 1.21 bits per heavy atom. The van der Waals surface area contributed by atoms with Crippen molar-refractivity contribution in [1.29, 1.82) is 0 Å². The normalized spacial score (nSPS) is 22.3. The Morgan fingerprint density at radius 2 is 1.92 bits per heavy atom. The molecule has 0 spiro atoms. The molecule has 2 fully saturated rings. The molecule has 1 aromatic carbocycles. The van der Waals surface area contributed by atoms with E-state index in [1.54, 1.807) is 6.07 Å². The number of ether oxygens (including phenoxy) is 1. The molecule has 1 amide bonds. The first kappa shape index (κ1) is 30.8. The van der Waals surface area contributed by atoms with Crippen LogP contribution in [0.1, 0.15) is 60.9 Å². The summed E-state index contributed by atoms with van der Waals surface area (Å²) in [5.41, 5.74) is 2.36. The Kier molecular flexibility index (Phi) is 11.0. The predicted octanol–water partition coefficient (Wildman–Crippen LogP) is 3.85. The van der Waals surface area contributed by atoms with Crippen molar-refractivity contribution in [3.8, 4) is 0 Å². The lowest BCUT2D eigenvalue weighted by atomic mass is 9.95. The van der Waals surface area contributed by atoms with E-state index in [0.29, 0.717) is 57.9 Å². The van der Waals surface area contributed by atoms with Gasteiger partial charge in [0.1, 0.15) is 18.0 Å². The summed E-state index contributed by atoms with van der Waals surface area (Å²) in [7, 11) is 0. The smallest absolute Gasteiger partial charge is 0.231 e. The van der Waals surface area contributed by atoms with Gasteiger partial charge in [-0.05, 0) is 42.9 Å². The largest absolute Gasteiger partial charge is 0.387 e. The van der Waals surface area contributed by atoms with Crippen LogP contribution in [-0.4, -0.2) is 77.9 Å². The van der Waals surface area contributed by atoms with Gasteiger partial charge >= 0.3 is 0 Å². The van der Waals surface area contributed by atoms with Crippen molar-refractivity contribution in [3.63, 3.8) is 0 Å². The van der Waals surface area contributed by atoms with Crippen LogP contribution >= 0.6 is 36.4 Å². The van der Waals surface area contributed by atoms with Crippen LogP contribution in [0.2, 0.25) is 5.02 Å². The second-order valence-electron chi connectivity index (χ2n) is 9.98. The minimum Gasteiger partial charge on any atom is -0.387 e. The lowest BCUT2D eigenvalue weighted by Gasteiger charge is -2.38. The van der Waals surface area contributed by atoms with Crippen LogP contribution < -0.4 is 10.2 Å². The van der Waals surface area contributed by atoms with Crippen molar-refractivity contribution in [3.05, 3.63) is 52.2 Å². The highest BCUT2D eigenvalue weighted by molar-refractivity contribution is 6.30. The average Bonchev–Trinajstić information content (AvgIpc) is 3.20. The van der Waals surface area contributed by atoms with Gasteiger partial charge in [-0.15, -0.1) is 24.8 Å². The summed E-state index contributed by atoms with van der Waals surface area (Å²) < 4.78 is 19.8. The van der Waals surface area contributed by atoms with Gasteiger partial charge in [0.15, 0.2) is 0 Å². The standard InChI is InChI=1S/C26H33ClFN5O3.2ClH/c1-16-12-22(34)24-23(16)25(31-15-30-24)32-6-8-33(9-7-32)26(35)19(14-29-18-4-10-36-11-5-18)17-2-3-20(27)21(28)13-17;;/h2-3,13,15-16,18-19,22,29,34H,4-12,14H2,1H3;2*1H/t16-,19-,22+;;/m1../s1. The minimum absolute atomic E-state index is 0. The molecule has 210 valence electrons. The highest BCUT2D eigenvalue weighted by atomic mass is 35.5. The third-order valence-electron chi connectivity index (χ3n) is 7.65. The van der Waals surface area contributed by atoms with Crippen LogP contribution in [0.15, 0.2) is 24.5 Å². The van der Waals surface area contributed by atoms with E-state index in [0.717, 1.165) is 29.9 Å². The molecule has 2 N–H and O–H groups in total. The summed E-state index contributed by atoms with van der Waals surface area (Å²) in [6, 6.07) is 4.92. The van der Waals surface area contributed by atoms with E-state index in [1.807, 2.05) is 4.90 Å². The molecule has 2 saturated heterocycles. The predicted molar refractivity (Wildman–Crippen MR) is 149 cm³/mol. The van der Waals surface area contributed by atoms with Crippen molar-refractivity contribution >= 4 is 48.1 Å². The third kappa shape index (κ3) is 6.51. The summed E-state index contributed by atoms with van der Waals surface area (Å²) in [4.78, 5) is 26.6. The Bertz CT molecular complexity index is 1100. The molecule has 2 aliphatic heterocycles. The van der Waals surface area contributed by atoms with Gasteiger partial charge in [0, 0.05) is 57.5 Å². The zero-order valence-corrected chi connectivity index (χ0v) is 23.7. The van der Waals surface area contributed by atoms with E-state index < -0.39 is 17.8 Å². The minimum atomic E-state index is -0.552. The summed E-state index contributed by atoms with van der Waals surface area (Å²) in [6.45, 7) is 6.27. The van der Waals surface area contributed by atoms with Gasteiger partial charge in [0.2, 0.25) is 5.91 Å². The van der Waals surface area contributed by atoms with Crippen molar-refractivity contribution < 1.29 is 19.0 Å². The zero-order chi connectivity index (χ0) is 25.2. The zero-order valence-electron chi connectivity index (χ0n) is 21.3. The molecule has 12 heteroatoms. The number of aromatic nitrogens is 2. The molecule has 0 radical (unpaired) electrons. The number of halogens is 4. The summed E-state index contributed by atoms with van der Waals surface area (Å²) in [6.07, 6.45) is 3.40. The van der Waals surface area contributed by atoms with Crippen LogP contribution in [0.4, 0.5) is 10.2 Å². The maximum absolute atomic E-state index is 14.3. The van der Waals surface area contributed by atoms with E-state index >= 15 is 0 Å². The number of anilines is 1. The molecule has 38 heavy (non-hydrogen) atoms. The fourth-order valence-corrected chi connectivity index (χ4v) is 5.69. The molecular formula is C26H35Cl3FN5O3. The molecule has 2 aromatic rings. The van der Waals surface area contributed by atoms with Gasteiger partial charge in [0.05, 0.1) is 22.7 Å². The topological polar surface area (TPSA) is 90.8 Å². The maximum atomic E-state index is 14.3. The van der Waals surface area contributed by atoms with Crippen LogP contribution in [-0.2, 0) is 9.53 Å². The number of aliphatic hydroxyl groups is 1. The average molecular weight is 591 g/mol. The van der Waals surface area contributed by atoms with Crippen molar-refractivity contribution in [2.24, 2.45) is 0 Å². The number of nitrogens with one attached hydrogen (secondary N) is 1. The molecule has 5 rings (SSSR count). The molecular weight excluding hydrogens is 556 g/mol. The van der Waals surface area contributed by atoms with Gasteiger partial charge in [-0.25, -0.2) is 14.4 Å². The lowest BCUT2D eigenvalue weighted by molar-refractivity contribution is -0.133. The van der Waals surface area contributed by atoms with Gasteiger partial charge in [-0.2, -0.15) is 0 Å². The molecule has 1 aromatic heterocycles. The molecule has 0 bridgehead atoms. The number of benzene rings is 1. The second-order valence-corrected chi connectivity index (χ2v) is 10.4. The number of piperazine rings is 1. The number of hydrogen-bond donors (Lipinski definition) is 2. The molecule has 1 aliphatic carbocycles. The Morgan fingerprint density at radius 3 is 2.61 bits per heavy atom. The van der Waals surface area contributed by atoms with Crippen LogP contribution in [0.5, 0.6) is 0 Å². The summed E-state index contributed by atoms with van der Waals surface area (Å²) in [5.74, 6) is -0.00555. The third-order valence-corrected chi connectivity index (χ3v) is 7.95. The highest BCUT2D eigenvalue weighted by Gasteiger charge is 2.35. The van der Waals surface area contributed by atoms with Crippen molar-refractivity contribution in [1.82, 2.24) is 20.2 Å². The number of carbonyl (C=O) groups excluding carboxylic acids is 1. The van der Waals surface area contributed by atoms with Gasteiger partial charge in [-0.3, -0.25) is 4.79 Å². The number of carbonyl (C=O) groups is 1. The van der Waals surface area contributed by atoms with Gasteiger partial charge in [-0.1, -0.05) is 24.6 Å². The van der Waals surface area contributed by atoms with E-state index in [9.17, 15) is 14.3 Å². The van der Waals surface area contributed by atoms with Gasteiger partial charge < -0.3 is 25.0 Å². The monoisotopic (exact) mass is 589 g/mol. The SMILES string of the molecule is C[C@@H]1C[C@H](O)c2ncnc(N3CCN(C(=O)[C@H](CNC4CCOCC4)c4ccc(Cl)c(F)c4)CC3)c21.Cl.Cl. The molecule has 3 atom stereocenters. The highest BCUT2D eigenvalue weighted by Crippen LogP contribution is 2.42. The summed E-state index contributed by atoms with van der Waals surface area (Å²) >= 11 is 5.91. The quantitative estimate of drug-likeness (QED) is 0.528. The second kappa shape index (κ2) is 13.5. The molecule has 3 heterocycles. The molecule has 0 saturated carbocycles. The van der Waals surface area contributed by atoms with Crippen LogP contribution in [0.25, 0.3) is 0 Å². The molecule has 8 nitrogen and oxygen atoms in total. The van der Waals surface area contributed by atoms with E-state index in [4.69, 9.17) is 16.3 Å². The fourth-order valence-electron chi connectivity index (χ4n) is 5.58. The Hall–Kier alpha value is -1.75. The van der Waals surface area contributed by atoms with E-state index in [2.05, 4.69) is 27.1 Å². The van der Waals surface area contributed by atoms with Crippen molar-refractivity contribution in [2.45, 2.75) is 50.2 Å². The first-order chi connectivity index (χ1) is 17.4. The molecule has 0 unspecified atom stereocenters. The number of rotatable bonds is 6. The number of fused-ring (bicyclic) bond motifs is 1. The van der Waals surface area contributed by atoms with Crippen LogP contribution in [0, 0.1) is 5.82 Å². The van der Waals surface area contributed by atoms with E-state index in [-0.39, 0.29) is 47.7 Å². The molecule has 3 aliphatic rings. The van der Waals surface area contributed by atoms with Crippen LogP contribution in [0.3, 0.4) is 0 Å². The van der Waals surface area contributed by atoms with Crippen molar-refractivity contribution in [2.75, 3.05) is 50.8 Å². The fraction of sp³-hybridized carbons (Fsp3) is 0.577. The lowest BCUT2D eigenvalue weighted by Crippen LogP contribution is -2.52. The van der Waals surface area contributed by atoms with E-state index in [1.165, 1.54) is 18.5 Å². The number of amides is 1. The Balaban J connectivity index is 0.00000200. The first-order valence-corrected chi connectivity index (χ1v) is 13.1.